The van der Waals surface area contributed by atoms with Gasteiger partial charge in [-0.05, 0) is 25.5 Å². The fourth-order valence-corrected chi connectivity index (χ4v) is 3.44. The molecule has 3 rings (SSSR count). The van der Waals surface area contributed by atoms with Gasteiger partial charge in [0.25, 0.3) is 0 Å². The van der Waals surface area contributed by atoms with E-state index in [2.05, 4.69) is 28.7 Å². The first-order valence-electron chi connectivity index (χ1n) is 8.46. The first-order chi connectivity index (χ1) is 11.0. The van der Waals surface area contributed by atoms with Gasteiger partial charge < -0.3 is 9.64 Å². The van der Waals surface area contributed by atoms with Crippen LogP contribution in [-0.4, -0.2) is 58.1 Å². The SMILES string of the molecule is CC(C)c1nccc(CN2CCCC3(CC2)CN(C)C(=O)O3)n1. The summed E-state index contributed by atoms with van der Waals surface area (Å²) in [7, 11) is 1.81. The number of hydrogen-bond acceptors (Lipinski definition) is 5. The highest BCUT2D eigenvalue weighted by atomic mass is 16.6. The Morgan fingerprint density at radius 3 is 2.87 bits per heavy atom. The number of likely N-dealkylation sites (N-methyl/N-ethyl adjacent to an activating group) is 1. The molecule has 6 nitrogen and oxygen atoms in total. The minimum Gasteiger partial charge on any atom is -0.441 e. The van der Waals surface area contributed by atoms with Gasteiger partial charge in [-0.1, -0.05) is 13.8 Å². The van der Waals surface area contributed by atoms with E-state index in [4.69, 9.17) is 4.74 Å². The lowest BCUT2D eigenvalue weighted by molar-refractivity contribution is 0.0442. The molecule has 0 bridgehead atoms. The van der Waals surface area contributed by atoms with Crippen molar-refractivity contribution in [2.45, 2.75) is 51.2 Å². The second-order valence-corrected chi connectivity index (χ2v) is 7.10. The standard InChI is InChI=1S/C17H26N4O2/c1-13(2)15-18-8-5-14(19-15)11-21-9-4-6-17(7-10-21)12-20(3)16(22)23-17/h5,8,13H,4,6-7,9-12H2,1-3H3. The van der Waals surface area contributed by atoms with Crippen molar-refractivity contribution in [3.8, 4) is 0 Å². The summed E-state index contributed by atoms with van der Waals surface area (Å²) in [5.74, 6) is 1.25. The van der Waals surface area contributed by atoms with Gasteiger partial charge in [-0.25, -0.2) is 14.8 Å². The van der Waals surface area contributed by atoms with Gasteiger partial charge >= 0.3 is 6.09 Å². The van der Waals surface area contributed by atoms with Crippen LogP contribution < -0.4 is 0 Å². The Morgan fingerprint density at radius 2 is 2.17 bits per heavy atom. The van der Waals surface area contributed by atoms with Crippen LogP contribution in [0.2, 0.25) is 0 Å². The molecule has 1 atom stereocenters. The molecule has 2 saturated heterocycles. The monoisotopic (exact) mass is 318 g/mol. The molecule has 6 heteroatoms. The maximum atomic E-state index is 11.7. The van der Waals surface area contributed by atoms with Gasteiger partial charge in [-0.3, -0.25) is 4.90 Å². The Morgan fingerprint density at radius 1 is 1.35 bits per heavy atom. The van der Waals surface area contributed by atoms with Crippen LogP contribution in [-0.2, 0) is 11.3 Å². The average Bonchev–Trinajstić information content (AvgIpc) is 2.67. The van der Waals surface area contributed by atoms with E-state index >= 15 is 0 Å². The number of amides is 1. The van der Waals surface area contributed by atoms with Gasteiger partial charge in [0.2, 0.25) is 0 Å². The highest BCUT2D eigenvalue weighted by Crippen LogP contribution is 2.32. The summed E-state index contributed by atoms with van der Waals surface area (Å²) in [5.41, 5.74) is 0.787. The normalized spacial score (nSPS) is 25.9. The van der Waals surface area contributed by atoms with Gasteiger partial charge in [0, 0.05) is 38.7 Å². The largest absolute Gasteiger partial charge is 0.441 e. The van der Waals surface area contributed by atoms with E-state index < -0.39 is 0 Å². The van der Waals surface area contributed by atoms with Gasteiger partial charge in [0.15, 0.2) is 0 Å². The summed E-state index contributed by atoms with van der Waals surface area (Å²) in [5, 5.41) is 0. The van der Waals surface area contributed by atoms with Crippen molar-refractivity contribution in [2.24, 2.45) is 0 Å². The van der Waals surface area contributed by atoms with E-state index in [-0.39, 0.29) is 11.7 Å². The molecule has 2 fully saturated rings. The van der Waals surface area contributed by atoms with Crippen molar-refractivity contribution in [1.29, 1.82) is 0 Å². The molecule has 2 aliphatic rings. The maximum Gasteiger partial charge on any atom is 0.410 e. The maximum absolute atomic E-state index is 11.7. The predicted octanol–water partition coefficient (Wildman–Crippen LogP) is 2.41. The fourth-order valence-electron chi connectivity index (χ4n) is 3.44. The van der Waals surface area contributed by atoms with Crippen molar-refractivity contribution < 1.29 is 9.53 Å². The molecule has 126 valence electrons. The molecule has 0 aliphatic carbocycles. The zero-order chi connectivity index (χ0) is 16.4. The van der Waals surface area contributed by atoms with Crippen LogP contribution >= 0.6 is 0 Å². The zero-order valence-electron chi connectivity index (χ0n) is 14.3. The number of aromatic nitrogens is 2. The molecule has 3 heterocycles. The van der Waals surface area contributed by atoms with Crippen molar-refractivity contribution in [1.82, 2.24) is 19.8 Å². The molecule has 1 spiro atoms. The molecule has 23 heavy (non-hydrogen) atoms. The van der Waals surface area contributed by atoms with Gasteiger partial charge in [-0.2, -0.15) is 0 Å². The Bertz CT molecular complexity index is 577. The Kier molecular flexibility index (Phi) is 4.53. The number of rotatable bonds is 3. The van der Waals surface area contributed by atoms with Crippen molar-refractivity contribution >= 4 is 6.09 Å². The number of ether oxygens (including phenoxy) is 1. The Hall–Kier alpha value is -1.69. The molecule has 2 aliphatic heterocycles. The number of carbonyl (C=O) groups is 1. The molecule has 0 aromatic carbocycles. The average molecular weight is 318 g/mol. The second kappa shape index (κ2) is 6.43. The number of hydrogen-bond donors (Lipinski definition) is 0. The Balaban J connectivity index is 1.63. The smallest absolute Gasteiger partial charge is 0.410 e. The van der Waals surface area contributed by atoms with E-state index in [9.17, 15) is 4.79 Å². The molecule has 1 amide bonds. The van der Waals surface area contributed by atoms with E-state index in [1.165, 1.54) is 0 Å². The van der Waals surface area contributed by atoms with Crippen molar-refractivity contribution in [3.63, 3.8) is 0 Å². The molecule has 0 N–H and O–H groups in total. The molecule has 0 saturated carbocycles. The summed E-state index contributed by atoms with van der Waals surface area (Å²) in [6.45, 7) is 7.72. The molecule has 1 aromatic rings. The van der Waals surface area contributed by atoms with Crippen LogP contribution in [0, 0.1) is 0 Å². The second-order valence-electron chi connectivity index (χ2n) is 7.10. The van der Waals surface area contributed by atoms with Gasteiger partial charge in [0.05, 0.1) is 12.2 Å². The van der Waals surface area contributed by atoms with Gasteiger partial charge in [-0.15, -0.1) is 0 Å². The predicted molar refractivity (Wildman–Crippen MR) is 87.1 cm³/mol. The summed E-state index contributed by atoms with van der Waals surface area (Å²) >= 11 is 0. The Labute approximate surface area is 137 Å². The first kappa shape index (κ1) is 16.2. The van der Waals surface area contributed by atoms with E-state index in [1.54, 1.807) is 4.90 Å². The van der Waals surface area contributed by atoms with Crippen LogP contribution in [0.3, 0.4) is 0 Å². The summed E-state index contributed by atoms with van der Waals surface area (Å²) in [6.07, 6.45) is 4.55. The molecule has 0 radical (unpaired) electrons. The topological polar surface area (TPSA) is 58.6 Å². The van der Waals surface area contributed by atoms with Crippen LogP contribution in [0.4, 0.5) is 4.79 Å². The minimum atomic E-state index is -0.282. The zero-order valence-corrected chi connectivity index (χ0v) is 14.3. The lowest BCUT2D eigenvalue weighted by Gasteiger charge is -2.25. The molecular weight excluding hydrogens is 292 g/mol. The third-order valence-corrected chi connectivity index (χ3v) is 4.77. The van der Waals surface area contributed by atoms with E-state index in [0.29, 0.717) is 12.5 Å². The lowest BCUT2D eigenvalue weighted by atomic mass is 9.95. The summed E-state index contributed by atoms with van der Waals surface area (Å²) < 4.78 is 5.67. The van der Waals surface area contributed by atoms with Crippen LogP contribution in [0.1, 0.15) is 50.5 Å². The lowest BCUT2D eigenvalue weighted by Crippen LogP contribution is -2.35. The minimum absolute atomic E-state index is 0.184. The quantitative estimate of drug-likeness (QED) is 0.856. The third kappa shape index (κ3) is 3.63. The third-order valence-electron chi connectivity index (χ3n) is 4.77. The van der Waals surface area contributed by atoms with Gasteiger partial charge in [0.1, 0.15) is 11.4 Å². The van der Waals surface area contributed by atoms with Crippen molar-refractivity contribution in [2.75, 3.05) is 26.7 Å². The first-order valence-corrected chi connectivity index (χ1v) is 8.46. The van der Waals surface area contributed by atoms with E-state index in [1.807, 2.05) is 19.3 Å². The highest BCUT2D eigenvalue weighted by Gasteiger charge is 2.44. The summed E-state index contributed by atoms with van der Waals surface area (Å²) in [4.78, 5) is 24.8. The van der Waals surface area contributed by atoms with E-state index in [0.717, 1.165) is 50.4 Å². The number of nitrogens with zero attached hydrogens (tertiary/aromatic N) is 4. The van der Waals surface area contributed by atoms with Crippen LogP contribution in [0.5, 0.6) is 0 Å². The van der Waals surface area contributed by atoms with Crippen LogP contribution in [0.15, 0.2) is 12.3 Å². The number of likely N-dealkylation sites (tertiary alicyclic amines) is 1. The van der Waals surface area contributed by atoms with Crippen LogP contribution in [0.25, 0.3) is 0 Å². The fraction of sp³-hybridized carbons (Fsp3) is 0.706. The summed E-state index contributed by atoms with van der Waals surface area (Å²) in [6, 6.07) is 2.00. The molecule has 1 aromatic heterocycles. The molecule has 1 unspecified atom stereocenters. The highest BCUT2D eigenvalue weighted by molar-refractivity contribution is 5.70. The number of carbonyl (C=O) groups excluding carboxylic acids is 1. The van der Waals surface area contributed by atoms with Crippen molar-refractivity contribution in [3.05, 3.63) is 23.8 Å². The molecular formula is C17H26N4O2.